The highest BCUT2D eigenvalue weighted by atomic mass is 16.5. The van der Waals surface area contributed by atoms with Gasteiger partial charge in [-0.2, -0.15) is 0 Å². The average Bonchev–Trinajstić information content (AvgIpc) is 2.50. The van der Waals surface area contributed by atoms with Crippen LogP contribution in [0.4, 0.5) is 0 Å². The number of nitrogens with two attached hydrogens (primary N) is 1. The second kappa shape index (κ2) is 6.31. The molecule has 0 atom stereocenters. The Morgan fingerprint density at radius 1 is 1.00 bits per heavy atom. The Morgan fingerprint density at radius 3 is 2.62 bits per heavy atom. The van der Waals surface area contributed by atoms with Gasteiger partial charge in [-0.3, -0.25) is 0 Å². The van der Waals surface area contributed by atoms with Crippen molar-refractivity contribution in [3.05, 3.63) is 58.7 Å². The van der Waals surface area contributed by atoms with Crippen LogP contribution in [0.5, 0.6) is 11.5 Å². The van der Waals surface area contributed by atoms with E-state index in [2.05, 4.69) is 43.3 Å². The van der Waals surface area contributed by atoms with Gasteiger partial charge in [0.1, 0.15) is 11.5 Å². The summed E-state index contributed by atoms with van der Waals surface area (Å²) in [7, 11) is 0. The Kier molecular flexibility index (Phi) is 4.26. The van der Waals surface area contributed by atoms with Gasteiger partial charge >= 0.3 is 0 Å². The van der Waals surface area contributed by atoms with Crippen LogP contribution in [0.25, 0.3) is 0 Å². The van der Waals surface area contributed by atoms with Crippen molar-refractivity contribution in [3.63, 3.8) is 0 Å². The van der Waals surface area contributed by atoms with Crippen molar-refractivity contribution in [2.45, 2.75) is 39.0 Å². The molecular weight excluding hydrogens is 258 g/mol. The predicted octanol–water partition coefficient (Wildman–Crippen LogP) is 4.17. The first-order valence-electron chi connectivity index (χ1n) is 7.85. The minimum absolute atomic E-state index is 0.643. The quantitative estimate of drug-likeness (QED) is 0.913. The Hall–Kier alpha value is -1.80. The molecule has 0 spiro atoms. The predicted molar refractivity (Wildman–Crippen MR) is 87.1 cm³/mol. The molecule has 0 aromatic heterocycles. The highest BCUT2D eigenvalue weighted by Crippen LogP contribution is 2.30. The molecule has 110 valence electrons. The Morgan fingerprint density at radius 2 is 1.81 bits per heavy atom. The summed E-state index contributed by atoms with van der Waals surface area (Å²) in [5, 5.41) is 0. The van der Waals surface area contributed by atoms with Crippen molar-refractivity contribution in [1.29, 1.82) is 0 Å². The van der Waals surface area contributed by atoms with Crippen molar-refractivity contribution in [2.24, 2.45) is 5.73 Å². The van der Waals surface area contributed by atoms with Gasteiger partial charge in [0.2, 0.25) is 0 Å². The van der Waals surface area contributed by atoms with Gasteiger partial charge < -0.3 is 10.5 Å². The summed E-state index contributed by atoms with van der Waals surface area (Å²) < 4.78 is 6.13. The first-order chi connectivity index (χ1) is 10.3. The number of ether oxygens (including phenoxy) is 1. The number of hydrogen-bond acceptors (Lipinski definition) is 2. The second-order valence-corrected chi connectivity index (χ2v) is 5.89. The summed E-state index contributed by atoms with van der Waals surface area (Å²) in [5.41, 5.74) is 11.1. The van der Waals surface area contributed by atoms with E-state index in [9.17, 15) is 0 Å². The van der Waals surface area contributed by atoms with E-state index in [1.54, 1.807) is 0 Å². The summed E-state index contributed by atoms with van der Waals surface area (Å²) in [4.78, 5) is 0. The molecular formula is C19H23NO. The summed E-state index contributed by atoms with van der Waals surface area (Å²) >= 11 is 0. The smallest absolute Gasteiger partial charge is 0.130 e. The standard InChI is InChI=1S/C19H23NO/c1-14-6-9-19(17(12-14)10-11-20)21-18-8-7-15-4-2-3-5-16(15)13-18/h6-9,12-13H,2-5,10-11,20H2,1H3. The molecule has 0 aliphatic heterocycles. The van der Waals surface area contributed by atoms with E-state index in [1.165, 1.54) is 47.9 Å². The number of rotatable bonds is 4. The number of fused-ring (bicyclic) bond motifs is 1. The van der Waals surface area contributed by atoms with Crippen LogP contribution in [0.1, 0.15) is 35.1 Å². The van der Waals surface area contributed by atoms with Gasteiger partial charge in [0.05, 0.1) is 0 Å². The molecule has 2 aromatic carbocycles. The van der Waals surface area contributed by atoms with Crippen LogP contribution in [0.3, 0.4) is 0 Å². The van der Waals surface area contributed by atoms with E-state index in [0.29, 0.717) is 6.54 Å². The fourth-order valence-corrected chi connectivity index (χ4v) is 3.06. The highest BCUT2D eigenvalue weighted by Gasteiger charge is 2.11. The largest absolute Gasteiger partial charge is 0.457 e. The lowest BCUT2D eigenvalue weighted by Crippen LogP contribution is -2.05. The van der Waals surface area contributed by atoms with Gasteiger partial charge in [0, 0.05) is 0 Å². The molecule has 0 amide bonds. The maximum absolute atomic E-state index is 6.13. The van der Waals surface area contributed by atoms with Gasteiger partial charge in [-0.25, -0.2) is 0 Å². The SMILES string of the molecule is Cc1ccc(Oc2ccc3c(c2)CCCC3)c(CCN)c1. The molecule has 1 aliphatic carbocycles. The molecule has 0 fully saturated rings. The number of benzene rings is 2. The summed E-state index contributed by atoms with van der Waals surface area (Å²) in [6.45, 7) is 2.74. The van der Waals surface area contributed by atoms with Crippen LogP contribution in [0.15, 0.2) is 36.4 Å². The first-order valence-corrected chi connectivity index (χ1v) is 7.85. The van der Waals surface area contributed by atoms with Crippen LogP contribution < -0.4 is 10.5 Å². The third-order valence-electron chi connectivity index (χ3n) is 4.18. The zero-order valence-corrected chi connectivity index (χ0v) is 12.7. The normalized spacial score (nSPS) is 13.8. The molecule has 0 bridgehead atoms. The van der Waals surface area contributed by atoms with Crippen molar-refractivity contribution >= 4 is 0 Å². The van der Waals surface area contributed by atoms with Gasteiger partial charge in [-0.15, -0.1) is 0 Å². The number of aryl methyl sites for hydroxylation is 3. The van der Waals surface area contributed by atoms with E-state index < -0.39 is 0 Å². The van der Waals surface area contributed by atoms with E-state index in [4.69, 9.17) is 10.5 Å². The summed E-state index contributed by atoms with van der Waals surface area (Å²) in [6.07, 6.45) is 5.84. The lowest BCUT2D eigenvalue weighted by atomic mass is 9.92. The van der Waals surface area contributed by atoms with Crippen LogP contribution in [0, 0.1) is 6.92 Å². The molecule has 2 N–H and O–H groups in total. The maximum atomic E-state index is 6.13. The highest BCUT2D eigenvalue weighted by molar-refractivity contribution is 5.43. The lowest BCUT2D eigenvalue weighted by Gasteiger charge is -2.17. The van der Waals surface area contributed by atoms with Crippen LogP contribution >= 0.6 is 0 Å². The van der Waals surface area contributed by atoms with Gasteiger partial charge in [0.25, 0.3) is 0 Å². The molecule has 0 heterocycles. The molecule has 0 saturated heterocycles. The second-order valence-electron chi connectivity index (χ2n) is 5.89. The zero-order valence-electron chi connectivity index (χ0n) is 12.7. The lowest BCUT2D eigenvalue weighted by molar-refractivity contribution is 0.474. The molecule has 0 unspecified atom stereocenters. The van der Waals surface area contributed by atoms with Crippen molar-refractivity contribution in [3.8, 4) is 11.5 Å². The fourth-order valence-electron chi connectivity index (χ4n) is 3.06. The Bertz CT molecular complexity index is 633. The Labute approximate surface area is 126 Å². The van der Waals surface area contributed by atoms with Gasteiger partial charge in [-0.1, -0.05) is 23.8 Å². The van der Waals surface area contributed by atoms with Crippen LogP contribution in [0.2, 0.25) is 0 Å². The average molecular weight is 281 g/mol. The maximum Gasteiger partial charge on any atom is 0.130 e. The topological polar surface area (TPSA) is 35.2 Å². The molecule has 0 saturated carbocycles. The molecule has 3 rings (SSSR count). The van der Waals surface area contributed by atoms with E-state index in [-0.39, 0.29) is 0 Å². The minimum atomic E-state index is 0.643. The van der Waals surface area contributed by atoms with Gasteiger partial charge in [-0.05, 0) is 80.5 Å². The van der Waals surface area contributed by atoms with Crippen molar-refractivity contribution < 1.29 is 4.74 Å². The Balaban J connectivity index is 1.86. The summed E-state index contributed by atoms with van der Waals surface area (Å²) in [5.74, 6) is 1.87. The molecule has 2 aromatic rings. The van der Waals surface area contributed by atoms with E-state index in [0.717, 1.165) is 17.9 Å². The molecule has 21 heavy (non-hydrogen) atoms. The first kappa shape index (κ1) is 14.2. The number of hydrogen-bond donors (Lipinski definition) is 1. The molecule has 1 aliphatic rings. The molecule has 2 heteroatoms. The molecule has 2 nitrogen and oxygen atoms in total. The van der Waals surface area contributed by atoms with Gasteiger partial charge in [0.15, 0.2) is 0 Å². The summed E-state index contributed by atoms with van der Waals surface area (Å²) in [6, 6.07) is 12.8. The van der Waals surface area contributed by atoms with Crippen LogP contribution in [-0.4, -0.2) is 6.54 Å². The fraction of sp³-hybridized carbons (Fsp3) is 0.368. The van der Waals surface area contributed by atoms with Crippen molar-refractivity contribution in [2.75, 3.05) is 6.54 Å². The third-order valence-corrected chi connectivity index (χ3v) is 4.18. The van der Waals surface area contributed by atoms with Crippen LogP contribution in [-0.2, 0) is 19.3 Å². The minimum Gasteiger partial charge on any atom is -0.457 e. The zero-order chi connectivity index (χ0) is 14.7. The van der Waals surface area contributed by atoms with E-state index >= 15 is 0 Å². The third kappa shape index (κ3) is 3.27. The molecule has 0 radical (unpaired) electrons. The van der Waals surface area contributed by atoms with Crippen molar-refractivity contribution in [1.82, 2.24) is 0 Å². The monoisotopic (exact) mass is 281 g/mol. The van der Waals surface area contributed by atoms with E-state index in [1.807, 2.05) is 0 Å².